The molecule has 0 saturated heterocycles. The molecule has 88 valence electrons. The molecule has 0 amide bonds. The average Bonchev–Trinajstić information content (AvgIpc) is 2.18. The zero-order valence-corrected chi connectivity index (χ0v) is 9.60. The Hall–Kier alpha value is -1.84. The van der Waals surface area contributed by atoms with Gasteiger partial charge in [0.05, 0.1) is 11.0 Å². The third-order valence-electron chi connectivity index (χ3n) is 1.66. The van der Waals surface area contributed by atoms with E-state index < -0.39 is 17.4 Å². The van der Waals surface area contributed by atoms with Gasteiger partial charge in [-0.25, -0.2) is 4.79 Å². The number of aromatic carboxylic acids is 1. The van der Waals surface area contributed by atoms with E-state index in [-0.39, 0.29) is 0 Å². The molecule has 0 radical (unpaired) electrons. The third kappa shape index (κ3) is 5.80. The molecule has 0 saturated carbocycles. The molecule has 0 atom stereocenters. The van der Waals surface area contributed by atoms with Crippen LogP contribution in [0.1, 0.15) is 31.1 Å². The fourth-order valence-corrected chi connectivity index (χ4v) is 0.581. The summed E-state index contributed by atoms with van der Waals surface area (Å²) in [6, 6.07) is 8.30. The summed E-state index contributed by atoms with van der Waals surface area (Å²) in [6.45, 7) is 4.99. The van der Waals surface area contributed by atoms with Crippen LogP contribution in [0.2, 0.25) is 0 Å². The van der Waals surface area contributed by atoms with Gasteiger partial charge in [0.1, 0.15) is 0 Å². The van der Waals surface area contributed by atoms with E-state index in [2.05, 4.69) is 0 Å². The van der Waals surface area contributed by atoms with Gasteiger partial charge in [-0.05, 0) is 32.9 Å². The summed E-state index contributed by atoms with van der Waals surface area (Å²) in [7, 11) is 0. The van der Waals surface area contributed by atoms with E-state index in [1.165, 1.54) is 0 Å². The van der Waals surface area contributed by atoms with Crippen LogP contribution >= 0.6 is 0 Å². The van der Waals surface area contributed by atoms with Gasteiger partial charge in [0.15, 0.2) is 0 Å². The quantitative estimate of drug-likeness (QED) is 0.768. The predicted octanol–water partition coefficient (Wildman–Crippen LogP) is 2.50. The molecule has 0 spiro atoms. The maximum atomic E-state index is 10.2. The Balaban J connectivity index is 0.000000293. The number of hydrogen-bond donors (Lipinski definition) is 2. The van der Waals surface area contributed by atoms with Crippen molar-refractivity contribution in [2.45, 2.75) is 20.8 Å². The smallest absolute Gasteiger partial charge is 0.335 e. The SMILES string of the molecule is CC(C)(C)C(=O)O.O=C(O)c1ccccc1. The summed E-state index contributed by atoms with van der Waals surface area (Å²) in [5, 5.41) is 16.6. The summed E-state index contributed by atoms with van der Waals surface area (Å²) >= 11 is 0. The second-order valence-corrected chi connectivity index (χ2v) is 4.23. The number of rotatable bonds is 1. The van der Waals surface area contributed by atoms with Crippen molar-refractivity contribution in [3.63, 3.8) is 0 Å². The van der Waals surface area contributed by atoms with Crippen LogP contribution in [-0.4, -0.2) is 22.2 Å². The standard InChI is InChI=1S/C7H6O2.C5H10O2/c8-7(9)6-4-2-1-3-5-6;1-5(2,3)4(6)7/h1-5H,(H,8,9);1-3H3,(H,6,7). The van der Waals surface area contributed by atoms with Crippen molar-refractivity contribution in [2.24, 2.45) is 5.41 Å². The Morgan fingerprint density at radius 3 is 1.56 bits per heavy atom. The van der Waals surface area contributed by atoms with Crippen molar-refractivity contribution in [2.75, 3.05) is 0 Å². The lowest BCUT2D eigenvalue weighted by atomic mass is 9.98. The Kier molecular flexibility index (Phi) is 5.22. The van der Waals surface area contributed by atoms with E-state index in [0.29, 0.717) is 5.56 Å². The highest BCUT2D eigenvalue weighted by Crippen LogP contribution is 2.11. The van der Waals surface area contributed by atoms with Gasteiger partial charge in [0.2, 0.25) is 0 Å². The van der Waals surface area contributed by atoms with E-state index in [0.717, 1.165) is 0 Å². The maximum Gasteiger partial charge on any atom is 0.335 e. The van der Waals surface area contributed by atoms with E-state index in [1.807, 2.05) is 0 Å². The summed E-state index contributed by atoms with van der Waals surface area (Å²) in [4.78, 5) is 20.2. The lowest BCUT2D eigenvalue weighted by Crippen LogP contribution is -2.18. The van der Waals surface area contributed by atoms with Crippen molar-refractivity contribution in [3.8, 4) is 0 Å². The van der Waals surface area contributed by atoms with Crippen LogP contribution in [0.5, 0.6) is 0 Å². The predicted molar refractivity (Wildman–Crippen MR) is 60.5 cm³/mol. The lowest BCUT2D eigenvalue weighted by Gasteiger charge is -2.08. The van der Waals surface area contributed by atoms with Crippen LogP contribution in [0.25, 0.3) is 0 Å². The monoisotopic (exact) mass is 224 g/mol. The van der Waals surface area contributed by atoms with Gasteiger partial charge in [-0.3, -0.25) is 4.79 Å². The van der Waals surface area contributed by atoms with Crippen LogP contribution in [0, 0.1) is 5.41 Å². The molecule has 4 heteroatoms. The summed E-state index contributed by atoms with van der Waals surface area (Å²) in [5.41, 5.74) is -0.252. The van der Waals surface area contributed by atoms with Gasteiger partial charge in [0, 0.05) is 0 Å². The molecule has 0 bridgehead atoms. The molecule has 1 rings (SSSR count). The van der Waals surface area contributed by atoms with E-state index >= 15 is 0 Å². The average molecular weight is 224 g/mol. The maximum absolute atomic E-state index is 10.2. The minimum absolute atomic E-state index is 0.331. The first-order chi connectivity index (χ1) is 7.25. The minimum Gasteiger partial charge on any atom is -0.481 e. The fraction of sp³-hybridized carbons (Fsp3) is 0.333. The number of benzene rings is 1. The molecule has 0 aromatic heterocycles. The molecular formula is C12H16O4. The number of aliphatic carboxylic acids is 1. The van der Waals surface area contributed by atoms with E-state index in [9.17, 15) is 9.59 Å². The molecule has 0 fully saturated rings. The second kappa shape index (κ2) is 5.90. The van der Waals surface area contributed by atoms with Gasteiger partial charge in [-0.2, -0.15) is 0 Å². The molecule has 0 heterocycles. The Bertz CT molecular complexity index is 349. The Labute approximate surface area is 94.5 Å². The normalized spacial score (nSPS) is 9.94. The van der Waals surface area contributed by atoms with Gasteiger partial charge >= 0.3 is 11.9 Å². The largest absolute Gasteiger partial charge is 0.481 e. The van der Waals surface area contributed by atoms with Crippen molar-refractivity contribution >= 4 is 11.9 Å². The van der Waals surface area contributed by atoms with E-state index in [4.69, 9.17) is 10.2 Å². The summed E-state index contributed by atoms with van der Waals surface area (Å²) in [6.07, 6.45) is 0. The van der Waals surface area contributed by atoms with Crippen LogP contribution < -0.4 is 0 Å². The van der Waals surface area contributed by atoms with Crippen molar-refractivity contribution in [1.82, 2.24) is 0 Å². The molecule has 1 aromatic carbocycles. The van der Waals surface area contributed by atoms with Gasteiger partial charge in [-0.15, -0.1) is 0 Å². The van der Waals surface area contributed by atoms with Crippen LogP contribution in [0.4, 0.5) is 0 Å². The van der Waals surface area contributed by atoms with Crippen LogP contribution in [0.15, 0.2) is 30.3 Å². The molecule has 0 aliphatic heterocycles. The molecular weight excluding hydrogens is 208 g/mol. The van der Waals surface area contributed by atoms with Gasteiger partial charge in [-0.1, -0.05) is 18.2 Å². The zero-order chi connectivity index (χ0) is 12.8. The Morgan fingerprint density at radius 2 is 1.38 bits per heavy atom. The molecule has 0 aliphatic carbocycles. The fourth-order valence-electron chi connectivity index (χ4n) is 0.581. The van der Waals surface area contributed by atoms with Crippen LogP contribution in [-0.2, 0) is 4.79 Å². The van der Waals surface area contributed by atoms with Gasteiger partial charge < -0.3 is 10.2 Å². The first-order valence-corrected chi connectivity index (χ1v) is 4.77. The first kappa shape index (κ1) is 14.2. The Morgan fingerprint density at radius 1 is 1.00 bits per heavy atom. The first-order valence-electron chi connectivity index (χ1n) is 4.77. The highest BCUT2D eigenvalue weighted by atomic mass is 16.4. The number of carbonyl (C=O) groups is 2. The van der Waals surface area contributed by atoms with Crippen molar-refractivity contribution in [1.29, 1.82) is 0 Å². The summed E-state index contributed by atoms with van der Waals surface area (Å²) < 4.78 is 0. The molecule has 1 aromatic rings. The van der Waals surface area contributed by atoms with Crippen molar-refractivity contribution < 1.29 is 19.8 Å². The van der Waals surface area contributed by atoms with E-state index in [1.54, 1.807) is 51.1 Å². The number of carboxylic acids is 2. The third-order valence-corrected chi connectivity index (χ3v) is 1.66. The molecule has 4 nitrogen and oxygen atoms in total. The minimum atomic E-state index is -0.879. The topological polar surface area (TPSA) is 74.6 Å². The van der Waals surface area contributed by atoms with Gasteiger partial charge in [0.25, 0.3) is 0 Å². The van der Waals surface area contributed by atoms with Crippen LogP contribution in [0.3, 0.4) is 0 Å². The van der Waals surface area contributed by atoms with Crippen molar-refractivity contribution in [3.05, 3.63) is 35.9 Å². The highest BCUT2D eigenvalue weighted by molar-refractivity contribution is 5.87. The molecule has 0 aliphatic rings. The number of carboxylic acid groups (broad SMARTS) is 2. The second-order valence-electron chi connectivity index (χ2n) is 4.23. The summed E-state index contributed by atoms with van der Waals surface area (Å²) in [5.74, 6) is -1.64. The zero-order valence-electron chi connectivity index (χ0n) is 9.60. The number of hydrogen-bond acceptors (Lipinski definition) is 2. The highest BCUT2D eigenvalue weighted by Gasteiger charge is 2.18. The lowest BCUT2D eigenvalue weighted by molar-refractivity contribution is -0.145. The molecule has 16 heavy (non-hydrogen) atoms. The molecule has 2 N–H and O–H groups in total. The molecule has 0 unspecified atom stereocenters.